The highest BCUT2D eigenvalue weighted by Crippen LogP contribution is 2.24. The quantitative estimate of drug-likeness (QED) is 0.754. The number of ether oxygens (including phenoxy) is 1. The third-order valence-electron chi connectivity index (χ3n) is 5.60. The van der Waals surface area contributed by atoms with Gasteiger partial charge in [-0.3, -0.25) is 9.59 Å². The SMILES string of the molecule is CN1C(=O)[C@H]2CN(C(=O)Oc3ccc(Cl)cc3)CCN2C(=O)[C@@H]1Cc1ccccc1. The Morgan fingerprint density at radius 1 is 1.03 bits per heavy atom. The van der Waals surface area contributed by atoms with E-state index in [9.17, 15) is 14.4 Å². The van der Waals surface area contributed by atoms with E-state index in [0.29, 0.717) is 30.3 Å². The number of hydrogen-bond acceptors (Lipinski definition) is 4. The van der Waals surface area contributed by atoms with Gasteiger partial charge in [0.05, 0.1) is 6.54 Å². The second kappa shape index (κ2) is 8.36. The molecule has 0 unspecified atom stereocenters. The second-order valence-electron chi connectivity index (χ2n) is 7.47. The molecular formula is C22H22ClN3O4. The zero-order valence-corrected chi connectivity index (χ0v) is 17.3. The first-order valence-corrected chi connectivity index (χ1v) is 10.2. The molecule has 0 radical (unpaired) electrons. The molecule has 2 aromatic rings. The lowest BCUT2D eigenvalue weighted by atomic mass is 9.97. The largest absolute Gasteiger partial charge is 0.415 e. The molecule has 30 heavy (non-hydrogen) atoms. The standard InChI is InChI=1S/C22H22ClN3O4/c1-24-18(13-15-5-3-2-4-6-15)21(28)26-12-11-25(14-19(26)20(24)27)22(29)30-17-9-7-16(23)8-10-17/h2-10,18-19H,11-14H2,1H3/t18-,19+/m0/s1. The fourth-order valence-corrected chi connectivity index (χ4v) is 4.03. The molecule has 7 nitrogen and oxygen atoms in total. The van der Waals surface area contributed by atoms with Gasteiger partial charge in [-0.15, -0.1) is 0 Å². The van der Waals surface area contributed by atoms with Crippen molar-refractivity contribution in [3.05, 3.63) is 65.2 Å². The topological polar surface area (TPSA) is 70.2 Å². The Morgan fingerprint density at radius 3 is 2.43 bits per heavy atom. The molecule has 2 saturated heterocycles. The van der Waals surface area contributed by atoms with Crippen molar-refractivity contribution in [2.75, 3.05) is 26.7 Å². The van der Waals surface area contributed by atoms with Gasteiger partial charge in [-0.25, -0.2) is 4.79 Å². The fraction of sp³-hybridized carbons (Fsp3) is 0.318. The van der Waals surface area contributed by atoms with Crippen LogP contribution in [-0.4, -0.2) is 71.4 Å². The maximum absolute atomic E-state index is 13.1. The molecule has 156 valence electrons. The van der Waals surface area contributed by atoms with E-state index in [4.69, 9.17) is 16.3 Å². The van der Waals surface area contributed by atoms with Crippen LogP contribution in [0.5, 0.6) is 5.75 Å². The van der Waals surface area contributed by atoms with Crippen LogP contribution in [-0.2, 0) is 16.0 Å². The minimum Gasteiger partial charge on any atom is -0.410 e. The monoisotopic (exact) mass is 427 g/mol. The van der Waals surface area contributed by atoms with E-state index in [0.717, 1.165) is 5.56 Å². The third kappa shape index (κ3) is 3.98. The third-order valence-corrected chi connectivity index (χ3v) is 5.85. The summed E-state index contributed by atoms with van der Waals surface area (Å²) in [6.07, 6.45) is -0.0840. The average molecular weight is 428 g/mol. The summed E-state index contributed by atoms with van der Waals surface area (Å²) in [7, 11) is 1.65. The van der Waals surface area contributed by atoms with Crippen molar-refractivity contribution in [1.82, 2.24) is 14.7 Å². The minimum atomic E-state index is -0.693. The summed E-state index contributed by atoms with van der Waals surface area (Å²) in [6, 6.07) is 14.9. The van der Waals surface area contributed by atoms with Gasteiger partial charge >= 0.3 is 6.09 Å². The lowest BCUT2D eigenvalue weighted by Gasteiger charge is -2.48. The highest BCUT2D eigenvalue weighted by molar-refractivity contribution is 6.30. The molecule has 2 heterocycles. The summed E-state index contributed by atoms with van der Waals surface area (Å²) < 4.78 is 5.38. The molecule has 2 aliphatic heterocycles. The van der Waals surface area contributed by atoms with Gasteiger partial charge in [-0.2, -0.15) is 0 Å². The van der Waals surface area contributed by atoms with Gasteiger partial charge in [0, 0.05) is 31.6 Å². The van der Waals surface area contributed by atoms with Crippen LogP contribution in [0.4, 0.5) is 4.79 Å². The van der Waals surface area contributed by atoms with Crippen LogP contribution in [0.3, 0.4) is 0 Å². The van der Waals surface area contributed by atoms with Crippen LogP contribution in [0, 0.1) is 0 Å². The summed E-state index contributed by atoms with van der Waals surface area (Å²) in [5.74, 6) is 0.120. The fourth-order valence-electron chi connectivity index (χ4n) is 3.90. The van der Waals surface area contributed by atoms with Crippen molar-refractivity contribution in [1.29, 1.82) is 0 Å². The molecule has 3 amide bonds. The predicted octanol–water partition coefficient (Wildman–Crippen LogP) is 2.43. The van der Waals surface area contributed by atoms with Gasteiger partial charge in [0.25, 0.3) is 0 Å². The molecule has 0 aromatic heterocycles. The van der Waals surface area contributed by atoms with Gasteiger partial charge in [0.1, 0.15) is 17.8 Å². The van der Waals surface area contributed by atoms with E-state index in [1.165, 1.54) is 9.80 Å². The van der Waals surface area contributed by atoms with E-state index in [1.807, 2.05) is 30.3 Å². The van der Waals surface area contributed by atoms with E-state index in [-0.39, 0.29) is 18.4 Å². The molecule has 8 heteroatoms. The van der Waals surface area contributed by atoms with E-state index in [1.54, 1.807) is 36.2 Å². The molecule has 2 fully saturated rings. The second-order valence-corrected chi connectivity index (χ2v) is 7.91. The molecule has 2 aromatic carbocycles. The number of likely N-dealkylation sites (N-methyl/N-ethyl adjacent to an activating group) is 1. The van der Waals surface area contributed by atoms with Crippen LogP contribution in [0.1, 0.15) is 5.56 Å². The lowest BCUT2D eigenvalue weighted by Crippen LogP contribution is -2.70. The Hall–Kier alpha value is -3.06. The Bertz CT molecular complexity index is 951. The summed E-state index contributed by atoms with van der Waals surface area (Å²) in [4.78, 5) is 43.2. The molecular weight excluding hydrogens is 406 g/mol. The molecule has 0 aliphatic carbocycles. The van der Waals surface area contributed by atoms with Crippen LogP contribution < -0.4 is 4.74 Å². The Morgan fingerprint density at radius 2 is 1.73 bits per heavy atom. The van der Waals surface area contributed by atoms with E-state index in [2.05, 4.69) is 0 Å². The number of fused-ring (bicyclic) bond motifs is 1. The zero-order chi connectivity index (χ0) is 21.3. The van der Waals surface area contributed by atoms with Crippen molar-refractivity contribution in [3.63, 3.8) is 0 Å². The van der Waals surface area contributed by atoms with E-state index >= 15 is 0 Å². The number of carbonyl (C=O) groups is 3. The molecule has 2 atom stereocenters. The highest BCUT2D eigenvalue weighted by Gasteiger charge is 2.47. The van der Waals surface area contributed by atoms with Gasteiger partial charge in [0.15, 0.2) is 0 Å². The van der Waals surface area contributed by atoms with Crippen molar-refractivity contribution in [2.45, 2.75) is 18.5 Å². The first kappa shape index (κ1) is 20.2. The molecule has 0 spiro atoms. The van der Waals surface area contributed by atoms with Gasteiger partial charge < -0.3 is 19.4 Å². The van der Waals surface area contributed by atoms with Gasteiger partial charge in [0.2, 0.25) is 11.8 Å². The van der Waals surface area contributed by atoms with Gasteiger partial charge in [-0.1, -0.05) is 41.9 Å². The number of benzene rings is 2. The molecule has 0 N–H and O–H groups in total. The number of carbonyl (C=O) groups excluding carboxylic acids is 3. The maximum atomic E-state index is 13.1. The smallest absolute Gasteiger partial charge is 0.410 e. The maximum Gasteiger partial charge on any atom is 0.415 e. The number of halogens is 1. The average Bonchev–Trinajstić information content (AvgIpc) is 2.77. The predicted molar refractivity (Wildman–Crippen MR) is 111 cm³/mol. The summed E-state index contributed by atoms with van der Waals surface area (Å²) in [6.45, 7) is 0.715. The lowest BCUT2D eigenvalue weighted by molar-refractivity contribution is -0.163. The normalized spacial score (nSPS) is 21.5. The Balaban J connectivity index is 1.44. The number of hydrogen-bond donors (Lipinski definition) is 0. The molecule has 0 bridgehead atoms. The Labute approximate surface area is 179 Å². The number of nitrogens with zero attached hydrogens (tertiary/aromatic N) is 3. The summed E-state index contributed by atoms with van der Waals surface area (Å²) in [5, 5.41) is 0.544. The number of rotatable bonds is 3. The van der Waals surface area contributed by atoms with Gasteiger partial charge in [-0.05, 0) is 29.8 Å². The van der Waals surface area contributed by atoms with Crippen LogP contribution in [0.2, 0.25) is 5.02 Å². The highest BCUT2D eigenvalue weighted by atomic mass is 35.5. The van der Waals surface area contributed by atoms with Crippen LogP contribution >= 0.6 is 11.6 Å². The first-order chi connectivity index (χ1) is 14.4. The van der Waals surface area contributed by atoms with Crippen molar-refractivity contribution < 1.29 is 19.1 Å². The number of piperazine rings is 2. The van der Waals surface area contributed by atoms with Crippen LogP contribution in [0.15, 0.2) is 54.6 Å². The summed E-state index contributed by atoms with van der Waals surface area (Å²) >= 11 is 5.85. The molecule has 2 aliphatic rings. The first-order valence-electron chi connectivity index (χ1n) is 9.77. The Kier molecular flexibility index (Phi) is 5.63. The molecule has 0 saturated carbocycles. The van der Waals surface area contributed by atoms with E-state index < -0.39 is 18.2 Å². The summed E-state index contributed by atoms with van der Waals surface area (Å²) in [5.41, 5.74) is 0.999. The van der Waals surface area contributed by atoms with Crippen molar-refractivity contribution in [2.24, 2.45) is 0 Å². The minimum absolute atomic E-state index is 0.0864. The zero-order valence-electron chi connectivity index (χ0n) is 16.5. The molecule has 4 rings (SSSR count). The van der Waals surface area contributed by atoms with Crippen LogP contribution in [0.25, 0.3) is 0 Å². The van der Waals surface area contributed by atoms with Crippen molar-refractivity contribution >= 4 is 29.5 Å². The van der Waals surface area contributed by atoms with Crippen molar-refractivity contribution in [3.8, 4) is 5.75 Å². The number of amides is 3.